The fraction of sp³-hybridized carbons (Fsp3) is 1.00. The molecular weight excluding hydrogens is 238 g/mol. The minimum absolute atomic E-state index is 0.00120. The second-order valence-corrected chi connectivity index (χ2v) is 8.45. The van der Waals surface area contributed by atoms with Crippen LogP contribution in [0.5, 0.6) is 0 Å². The summed E-state index contributed by atoms with van der Waals surface area (Å²) in [5.41, 5.74) is -0.994. The average molecular weight is 265 g/mol. The first kappa shape index (κ1) is 16.9. The third-order valence-corrected chi connectivity index (χ3v) is 4.31. The highest BCUT2D eigenvalue weighted by Crippen LogP contribution is 2.21. The fourth-order valence-corrected chi connectivity index (χ4v) is 3.44. The molecule has 0 aliphatic rings. The molecule has 0 bridgehead atoms. The molecule has 0 fully saturated rings. The van der Waals surface area contributed by atoms with Gasteiger partial charge in [-0.15, -0.1) is 0 Å². The summed E-state index contributed by atoms with van der Waals surface area (Å²) < 4.78 is 25.6. The van der Waals surface area contributed by atoms with Crippen molar-refractivity contribution in [2.24, 2.45) is 5.41 Å². The Hall–Kier alpha value is -0.130. The number of hydrogen-bond donors (Lipinski definition) is 1. The summed E-state index contributed by atoms with van der Waals surface area (Å²) >= 11 is 0. The molecule has 0 amide bonds. The van der Waals surface area contributed by atoms with E-state index in [-0.39, 0.29) is 17.7 Å². The third kappa shape index (κ3) is 7.73. The van der Waals surface area contributed by atoms with Crippen LogP contribution in [0.15, 0.2) is 0 Å². The maximum atomic E-state index is 12.1. The van der Waals surface area contributed by atoms with Gasteiger partial charge in [-0.05, 0) is 25.7 Å². The number of sulfonamides is 1. The highest BCUT2D eigenvalue weighted by Gasteiger charge is 2.27. The summed E-state index contributed by atoms with van der Waals surface area (Å²) in [5, 5.41) is 9.70. The zero-order chi connectivity index (χ0) is 13.9. The minimum Gasteiger partial charge on any atom is -0.389 e. The molecule has 0 aromatic rings. The predicted molar refractivity (Wildman–Crippen MR) is 71.4 cm³/mol. The minimum atomic E-state index is -3.27. The molecule has 0 radical (unpaired) electrons. The van der Waals surface area contributed by atoms with Gasteiger partial charge in [-0.3, -0.25) is 0 Å². The van der Waals surface area contributed by atoms with E-state index in [0.717, 1.165) is 0 Å². The molecule has 0 spiro atoms. The Labute approximate surface area is 106 Å². The Morgan fingerprint density at radius 3 is 1.88 bits per heavy atom. The molecule has 0 heterocycles. The maximum Gasteiger partial charge on any atom is 0.214 e. The van der Waals surface area contributed by atoms with Crippen molar-refractivity contribution in [3.8, 4) is 0 Å². The number of nitrogens with zero attached hydrogens (tertiary/aromatic N) is 1. The van der Waals surface area contributed by atoms with E-state index in [0.29, 0.717) is 13.0 Å². The van der Waals surface area contributed by atoms with Gasteiger partial charge in [-0.25, -0.2) is 8.42 Å². The van der Waals surface area contributed by atoms with Crippen molar-refractivity contribution < 1.29 is 13.5 Å². The lowest BCUT2D eigenvalue weighted by molar-refractivity contribution is 0.0601. The molecule has 0 aliphatic carbocycles. The molecule has 17 heavy (non-hydrogen) atoms. The first-order valence-electron chi connectivity index (χ1n) is 6.07. The smallest absolute Gasteiger partial charge is 0.214 e. The second-order valence-electron chi connectivity index (χ2n) is 6.37. The normalized spacial score (nSPS) is 14.4. The van der Waals surface area contributed by atoms with Gasteiger partial charge in [0.1, 0.15) is 0 Å². The van der Waals surface area contributed by atoms with Crippen molar-refractivity contribution in [1.29, 1.82) is 0 Å². The first-order valence-corrected chi connectivity index (χ1v) is 7.68. The fourth-order valence-electron chi connectivity index (χ4n) is 1.40. The van der Waals surface area contributed by atoms with E-state index in [1.165, 1.54) is 4.31 Å². The third-order valence-electron chi connectivity index (χ3n) is 2.42. The van der Waals surface area contributed by atoms with E-state index in [4.69, 9.17) is 0 Å². The van der Waals surface area contributed by atoms with Crippen molar-refractivity contribution in [2.75, 3.05) is 18.8 Å². The van der Waals surface area contributed by atoms with Crippen molar-refractivity contribution in [3.63, 3.8) is 0 Å². The monoisotopic (exact) mass is 265 g/mol. The van der Waals surface area contributed by atoms with Crippen LogP contribution in [0.2, 0.25) is 0 Å². The van der Waals surface area contributed by atoms with Crippen LogP contribution >= 0.6 is 0 Å². The summed E-state index contributed by atoms with van der Waals surface area (Å²) in [6, 6.07) is 0. The number of hydrogen-bond acceptors (Lipinski definition) is 3. The van der Waals surface area contributed by atoms with Crippen LogP contribution in [0, 0.1) is 5.41 Å². The van der Waals surface area contributed by atoms with E-state index in [1.807, 2.05) is 20.8 Å². The molecule has 1 N–H and O–H groups in total. The van der Waals surface area contributed by atoms with E-state index in [2.05, 4.69) is 0 Å². The van der Waals surface area contributed by atoms with Crippen molar-refractivity contribution in [2.45, 2.75) is 53.6 Å². The topological polar surface area (TPSA) is 57.6 Å². The largest absolute Gasteiger partial charge is 0.389 e. The molecule has 4 nitrogen and oxygen atoms in total. The zero-order valence-electron chi connectivity index (χ0n) is 11.9. The van der Waals surface area contributed by atoms with Gasteiger partial charge in [0.05, 0.1) is 11.4 Å². The van der Waals surface area contributed by atoms with E-state index < -0.39 is 15.6 Å². The first-order chi connectivity index (χ1) is 7.37. The molecule has 5 heteroatoms. The molecule has 0 aromatic heterocycles. The highest BCUT2D eigenvalue weighted by molar-refractivity contribution is 7.89. The second kappa shape index (κ2) is 5.67. The summed E-state index contributed by atoms with van der Waals surface area (Å²) in [4.78, 5) is 0. The van der Waals surface area contributed by atoms with Crippen LogP contribution < -0.4 is 0 Å². The molecule has 0 atom stereocenters. The number of rotatable bonds is 6. The van der Waals surface area contributed by atoms with Gasteiger partial charge in [0.25, 0.3) is 0 Å². The van der Waals surface area contributed by atoms with Crippen LogP contribution in [0.1, 0.15) is 48.0 Å². The van der Waals surface area contributed by atoms with Gasteiger partial charge in [-0.2, -0.15) is 4.31 Å². The van der Waals surface area contributed by atoms with E-state index in [9.17, 15) is 13.5 Å². The molecule has 0 unspecified atom stereocenters. The Kier molecular flexibility index (Phi) is 5.63. The van der Waals surface area contributed by atoms with E-state index >= 15 is 0 Å². The highest BCUT2D eigenvalue weighted by atomic mass is 32.2. The van der Waals surface area contributed by atoms with E-state index in [1.54, 1.807) is 20.8 Å². The molecule has 0 aromatic carbocycles. The van der Waals surface area contributed by atoms with Crippen LogP contribution in [0.4, 0.5) is 0 Å². The van der Waals surface area contributed by atoms with Gasteiger partial charge in [0.2, 0.25) is 10.0 Å². The van der Waals surface area contributed by atoms with Crippen LogP contribution in [-0.2, 0) is 10.0 Å². The Balaban J connectivity index is 4.66. The molecule has 0 saturated heterocycles. The molecule has 0 rings (SSSR count). The number of aliphatic hydroxyl groups is 1. The van der Waals surface area contributed by atoms with Gasteiger partial charge in [0, 0.05) is 13.1 Å². The van der Waals surface area contributed by atoms with Crippen LogP contribution in [0.25, 0.3) is 0 Å². The molecule has 0 saturated carbocycles. The Bertz CT molecular complexity index is 323. The summed E-state index contributed by atoms with van der Waals surface area (Å²) in [6.07, 6.45) is 0.623. The van der Waals surface area contributed by atoms with Crippen LogP contribution in [0.3, 0.4) is 0 Å². The lowest BCUT2D eigenvalue weighted by Crippen LogP contribution is -2.43. The zero-order valence-corrected chi connectivity index (χ0v) is 12.8. The maximum absolute atomic E-state index is 12.1. The number of likely N-dealkylation sites (N-methyl/N-ethyl adjacent to an activating group) is 1. The SMILES string of the molecule is CCN(CC(C)(C)O)S(=O)(=O)CCC(C)(C)C. The van der Waals surface area contributed by atoms with Crippen molar-refractivity contribution in [1.82, 2.24) is 4.31 Å². The summed E-state index contributed by atoms with van der Waals surface area (Å²) in [6.45, 7) is 11.6. The van der Waals surface area contributed by atoms with Gasteiger partial charge in [-0.1, -0.05) is 27.7 Å². The van der Waals surface area contributed by atoms with Gasteiger partial charge < -0.3 is 5.11 Å². The van der Waals surface area contributed by atoms with Crippen LogP contribution in [-0.4, -0.2) is 42.3 Å². The molecular formula is C12H27NO3S. The summed E-state index contributed by atoms with van der Waals surface area (Å²) in [5.74, 6) is 0.139. The summed E-state index contributed by atoms with van der Waals surface area (Å²) in [7, 11) is -3.27. The Morgan fingerprint density at radius 2 is 1.59 bits per heavy atom. The van der Waals surface area contributed by atoms with Gasteiger partial charge >= 0.3 is 0 Å². The molecule has 0 aliphatic heterocycles. The Morgan fingerprint density at radius 1 is 1.12 bits per heavy atom. The average Bonchev–Trinajstić information content (AvgIpc) is 2.08. The van der Waals surface area contributed by atoms with Crippen molar-refractivity contribution in [3.05, 3.63) is 0 Å². The standard InChI is InChI=1S/C12H27NO3S/c1-7-13(10-12(5,6)14)17(15,16)9-8-11(2,3)4/h14H,7-10H2,1-6H3. The lowest BCUT2D eigenvalue weighted by Gasteiger charge is -2.28. The molecule has 104 valence electrons. The van der Waals surface area contributed by atoms with Crippen molar-refractivity contribution >= 4 is 10.0 Å². The quantitative estimate of drug-likeness (QED) is 0.797. The predicted octanol–water partition coefficient (Wildman–Crippen LogP) is 1.85. The van der Waals surface area contributed by atoms with Gasteiger partial charge in [0.15, 0.2) is 0 Å². The lowest BCUT2D eigenvalue weighted by atomic mass is 9.94.